The van der Waals surface area contributed by atoms with Crippen LogP contribution in [-0.2, 0) is 19.8 Å². The second kappa shape index (κ2) is 4.17. The van der Waals surface area contributed by atoms with E-state index < -0.39 is 0 Å². The van der Waals surface area contributed by atoms with Crippen LogP contribution in [0.2, 0.25) is 0 Å². The molecule has 0 fully saturated rings. The molecule has 0 atom stereocenters. The summed E-state index contributed by atoms with van der Waals surface area (Å²) >= 11 is 1.90. The molecule has 0 aliphatic heterocycles. The first-order valence-corrected chi connectivity index (χ1v) is 2.47. The van der Waals surface area contributed by atoms with Gasteiger partial charge in [0.1, 0.15) is 0 Å². The minimum atomic E-state index is 1.75. The van der Waals surface area contributed by atoms with Crippen LogP contribution < -0.4 is 0 Å². The Morgan fingerprint density at radius 1 is 1.60 bits per heavy atom. The third kappa shape index (κ3) is 4.17. The molecule has 0 unspecified atom stereocenters. The summed E-state index contributed by atoms with van der Waals surface area (Å²) in [7, 11) is 0. The Labute approximate surface area is 43.5 Å². The first kappa shape index (κ1) is 5.17. The molecule has 0 amide bonds. The predicted octanol–water partition coefficient (Wildman–Crippen LogP) is 1.23. The van der Waals surface area contributed by atoms with Gasteiger partial charge >= 0.3 is 43.0 Å². The van der Waals surface area contributed by atoms with Gasteiger partial charge in [0, 0.05) is 0 Å². The molecule has 0 saturated carbocycles. The van der Waals surface area contributed by atoms with Gasteiger partial charge in [-0.3, -0.25) is 0 Å². The summed E-state index contributed by atoms with van der Waals surface area (Å²) in [5, 5.41) is 0. The molecule has 0 bridgehead atoms. The molecule has 0 nitrogen and oxygen atoms in total. The van der Waals surface area contributed by atoms with Crippen molar-refractivity contribution in [3.8, 4) is 0 Å². The van der Waals surface area contributed by atoms with Crippen molar-refractivity contribution in [2.75, 3.05) is 0 Å². The van der Waals surface area contributed by atoms with Gasteiger partial charge in [-0.1, -0.05) is 0 Å². The first-order valence-electron chi connectivity index (χ1n) is 1.31. The standard InChI is InChI=1S/C4H5.Mo/c1-3-4-2;/h1,3-4H,2H2;. The molecule has 0 aliphatic carbocycles. The average Bonchev–Trinajstić information content (AvgIpc) is 1.41. The maximum atomic E-state index is 3.47. The van der Waals surface area contributed by atoms with Gasteiger partial charge in [0.15, 0.2) is 0 Å². The quantitative estimate of drug-likeness (QED) is 0.388. The van der Waals surface area contributed by atoms with Crippen molar-refractivity contribution in [2.24, 2.45) is 0 Å². The summed E-state index contributed by atoms with van der Waals surface area (Å²) < 4.78 is 1.95. The van der Waals surface area contributed by atoms with Crippen molar-refractivity contribution >= 4 is 0 Å². The van der Waals surface area contributed by atoms with E-state index in [2.05, 4.69) is 6.58 Å². The minimum absolute atomic E-state index is 1.75. The van der Waals surface area contributed by atoms with Gasteiger partial charge in [0.2, 0.25) is 0 Å². The van der Waals surface area contributed by atoms with Crippen LogP contribution in [-0.4, -0.2) is 0 Å². The summed E-state index contributed by atoms with van der Waals surface area (Å²) in [4.78, 5) is 0. The van der Waals surface area contributed by atoms with Gasteiger partial charge in [-0.05, 0) is 0 Å². The van der Waals surface area contributed by atoms with Gasteiger partial charge in [0.05, 0.1) is 0 Å². The molecular weight excluding hydrogens is 144 g/mol. The van der Waals surface area contributed by atoms with Crippen molar-refractivity contribution in [1.29, 1.82) is 0 Å². The summed E-state index contributed by atoms with van der Waals surface area (Å²) in [5.41, 5.74) is 0. The van der Waals surface area contributed by atoms with Crippen LogP contribution in [0.3, 0.4) is 0 Å². The number of allylic oxidation sites excluding steroid dienone is 2. The van der Waals surface area contributed by atoms with E-state index >= 15 is 0 Å². The number of hydrogen-bond donors (Lipinski definition) is 0. The van der Waals surface area contributed by atoms with Crippen molar-refractivity contribution in [3.63, 3.8) is 0 Å². The van der Waals surface area contributed by atoms with E-state index in [1.54, 1.807) is 6.08 Å². The van der Waals surface area contributed by atoms with E-state index in [0.717, 1.165) is 0 Å². The third-order valence-corrected chi connectivity index (χ3v) is 0.601. The number of hydrogen-bond acceptors (Lipinski definition) is 0. The normalized spacial score (nSPS) is 8.80. The molecule has 0 aromatic carbocycles. The molecule has 27 valence electrons. The second-order valence-corrected chi connectivity index (χ2v) is 1.23. The first-order chi connectivity index (χ1) is 2.41. The third-order valence-electron chi connectivity index (χ3n) is 0.215. The fourth-order valence-corrected chi connectivity index (χ4v) is 0.329. The van der Waals surface area contributed by atoms with Gasteiger partial charge in [-0.25, -0.2) is 0 Å². The molecule has 5 heavy (non-hydrogen) atoms. The molecule has 0 N–H and O–H groups in total. The molecule has 0 aromatic heterocycles. The van der Waals surface area contributed by atoms with E-state index in [1.165, 1.54) is 0 Å². The van der Waals surface area contributed by atoms with Crippen molar-refractivity contribution in [2.45, 2.75) is 0 Å². The second-order valence-electron chi connectivity index (χ2n) is 0.564. The predicted molar refractivity (Wildman–Crippen MR) is 19.3 cm³/mol. The Morgan fingerprint density at radius 2 is 2.20 bits per heavy atom. The molecule has 0 spiro atoms. The van der Waals surface area contributed by atoms with Gasteiger partial charge in [-0.2, -0.15) is 0 Å². The van der Waals surface area contributed by atoms with Crippen LogP contribution >= 0.6 is 0 Å². The Hall–Kier alpha value is 0.168. The summed E-state index contributed by atoms with van der Waals surface area (Å²) in [6.45, 7) is 3.47. The summed E-state index contributed by atoms with van der Waals surface area (Å²) in [6, 6.07) is 0. The van der Waals surface area contributed by atoms with Gasteiger partial charge in [-0.15, -0.1) is 0 Å². The van der Waals surface area contributed by atoms with Crippen molar-refractivity contribution in [1.82, 2.24) is 0 Å². The zero-order chi connectivity index (χ0) is 4.12. The van der Waals surface area contributed by atoms with Crippen LogP contribution in [0, 0.1) is 0 Å². The Balaban J connectivity index is 2.92. The Kier molecular flexibility index (Phi) is 4.31. The monoisotopic (exact) mass is 151 g/mol. The van der Waals surface area contributed by atoms with E-state index in [0.29, 0.717) is 0 Å². The van der Waals surface area contributed by atoms with Crippen LogP contribution in [0.25, 0.3) is 0 Å². The summed E-state index contributed by atoms with van der Waals surface area (Å²) in [6.07, 6.45) is 3.65. The van der Waals surface area contributed by atoms with Crippen LogP contribution in [0.4, 0.5) is 0 Å². The Bertz CT molecular complexity index is 45.6. The number of rotatable bonds is 1. The topological polar surface area (TPSA) is 0 Å². The zero-order valence-corrected chi connectivity index (χ0v) is 4.85. The van der Waals surface area contributed by atoms with Gasteiger partial charge in [0.25, 0.3) is 0 Å². The van der Waals surface area contributed by atoms with Crippen molar-refractivity contribution in [3.05, 3.63) is 23.2 Å². The molecule has 1 heteroatoms. The molecule has 0 aliphatic rings. The SMILES string of the molecule is C=CC=[CH][Mo]. The molecule has 0 saturated heterocycles. The van der Waals surface area contributed by atoms with Crippen molar-refractivity contribution < 1.29 is 19.8 Å². The molecule has 0 heterocycles. The van der Waals surface area contributed by atoms with Gasteiger partial charge < -0.3 is 0 Å². The van der Waals surface area contributed by atoms with Crippen LogP contribution in [0.1, 0.15) is 0 Å². The van der Waals surface area contributed by atoms with E-state index in [9.17, 15) is 0 Å². The molecule has 0 radical (unpaired) electrons. The summed E-state index contributed by atoms with van der Waals surface area (Å²) in [5.74, 6) is 0. The zero-order valence-electron chi connectivity index (χ0n) is 2.85. The van der Waals surface area contributed by atoms with Crippen LogP contribution in [0.15, 0.2) is 23.2 Å². The molecule has 0 rings (SSSR count). The fraction of sp³-hybridized carbons (Fsp3) is 0. The van der Waals surface area contributed by atoms with E-state index in [-0.39, 0.29) is 0 Å². The van der Waals surface area contributed by atoms with Crippen LogP contribution in [0.5, 0.6) is 0 Å². The maximum absolute atomic E-state index is 3.47. The average molecular weight is 149 g/mol. The van der Waals surface area contributed by atoms with E-state index in [1.807, 2.05) is 30.4 Å². The van der Waals surface area contributed by atoms with E-state index in [4.69, 9.17) is 0 Å². The fourth-order valence-electron chi connectivity index (χ4n) is 0.0556. The molecular formula is C4H5Mo. The molecule has 0 aromatic rings. The Morgan fingerprint density at radius 3 is 2.20 bits per heavy atom.